The summed E-state index contributed by atoms with van der Waals surface area (Å²) in [5, 5.41) is 16.5. The van der Waals surface area contributed by atoms with Crippen LogP contribution in [0.15, 0.2) is 60.4 Å². The maximum Gasteiger partial charge on any atom is 0.267 e. The lowest BCUT2D eigenvalue weighted by atomic mass is 10.1. The summed E-state index contributed by atoms with van der Waals surface area (Å²) < 4.78 is 1.65. The highest BCUT2D eigenvalue weighted by atomic mass is 16.1. The second kappa shape index (κ2) is 7.45. The Morgan fingerprint density at radius 1 is 1.15 bits per heavy atom. The van der Waals surface area contributed by atoms with E-state index in [0.29, 0.717) is 5.82 Å². The maximum absolute atomic E-state index is 12.5. The fraction of sp³-hybridized carbons (Fsp3) is 0.100. The van der Waals surface area contributed by atoms with E-state index in [1.807, 2.05) is 44.2 Å². The highest BCUT2D eigenvalue weighted by Crippen LogP contribution is 2.18. The van der Waals surface area contributed by atoms with Gasteiger partial charge in [-0.2, -0.15) is 10.4 Å². The number of hydrogen-bond donors (Lipinski definition) is 1. The zero-order valence-corrected chi connectivity index (χ0v) is 14.5. The Labute approximate surface area is 151 Å². The first-order valence-corrected chi connectivity index (χ1v) is 8.04. The summed E-state index contributed by atoms with van der Waals surface area (Å²) >= 11 is 0. The Hall–Kier alpha value is -3.72. The second-order valence-corrected chi connectivity index (χ2v) is 5.82. The van der Waals surface area contributed by atoms with Gasteiger partial charge in [-0.25, -0.2) is 4.68 Å². The van der Waals surface area contributed by atoms with Gasteiger partial charge in [-0.3, -0.25) is 9.78 Å². The van der Waals surface area contributed by atoms with Gasteiger partial charge in [0.1, 0.15) is 17.5 Å². The van der Waals surface area contributed by atoms with Crippen molar-refractivity contribution in [3.05, 3.63) is 77.3 Å². The number of nitrogens with zero attached hydrogens (tertiary/aromatic N) is 4. The molecular formula is C20H17N5O. The maximum atomic E-state index is 12.5. The van der Waals surface area contributed by atoms with Crippen molar-refractivity contribution in [2.24, 2.45) is 0 Å². The molecule has 1 aromatic carbocycles. The van der Waals surface area contributed by atoms with Crippen LogP contribution in [0.2, 0.25) is 0 Å². The van der Waals surface area contributed by atoms with Crippen LogP contribution in [0.25, 0.3) is 11.8 Å². The average molecular weight is 343 g/mol. The van der Waals surface area contributed by atoms with E-state index >= 15 is 0 Å². The number of hydrogen-bond acceptors (Lipinski definition) is 4. The van der Waals surface area contributed by atoms with Crippen molar-refractivity contribution < 1.29 is 4.79 Å². The number of carbonyl (C=O) groups excluding carboxylic acids is 1. The van der Waals surface area contributed by atoms with Crippen LogP contribution in [-0.4, -0.2) is 20.7 Å². The predicted molar refractivity (Wildman–Crippen MR) is 99.5 cm³/mol. The molecule has 0 spiro atoms. The van der Waals surface area contributed by atoms with Crippen LogP contribution >= 0.6 is 0 Å². The molecule has 3 aromatic rings. The summed E-state index contributed by atoms with van der Waals surface area (Å²) in [6, 6.07) is 15.0. The molecule has 6 nitrogen and oxygen atoms in total. The third kappa shape index (κ3) is 3.84. The molecule has 1 amide bonds. The lowest BCUT2D eigenvalue weighted by Gasteiger charge is -2.09. The molecule has 0 unspecified atom stereocenters. The van der Waals surface area contributed by atoms with Crippen LogP contribution in [0, 0.1) is 25.2 Å². The predicted octanol–water partition coefficient (Wildman–Crippen LogP) is 3.43. The zero-order chi connectivity index (χ0) is 18.5. The van der Waals surface area contributed by atoms with E-state index < -0.39 is 5.91 Å². The van der Waals surface area contributed by atoms with E-state index in [9.17, 15) is 10.1 Å². The van der Waals surface area contributed by atoms with Gasteiger partial charge in [-0.1, -0.05) is 17.7 Å². The molecule has 0 aliphatic heterocycles. The summed E-state index contributed by atoms with van der Waals surface area (Å²) in [7, 11) is 0. The van der Waals surface area contributed by atoms with Crippen LogP contribution in [0.3, 0.4) is 0 Å². The minimum absolute atomic E-state index is 0.00510. The number of benzene rings is 1. The molecule has 3 rings (SSSR count). The van der Waals surface area contributed by atoms with Gasteiger partial charge in [0.25, 0.3) is 5.91 Å². The molecule has 0 saturated heterocycles. The standard InChI is InChI=1S/C20H17N5O/c1-14-3-5-18(6-4-14)25-19(11-15(2)24-25)23-20(26)17(13-21)12-16-7-9-22-10-8-16/h3-12H,1-2H3,(H,23,26)/b17-12+. The Morgan fingerprint density at radius 3 is 2.50 bits per heavy atom. The molecule has 26 heavy (non-hydrogen) atoms. The number of aromatic nitrogens is 3. The Morgan fingerprint density at radius 2 is 1.85 bits per heavy atom. The number of nitrogens with one attached hydrogen (secondary N) is 1. The molecule has 2 heterocycles. The molecule has 6 heteroatoms. The minimum Gasteiger partial charge on any atom is -0.306 e. The van der Waals surface area contributed by atoms with Gasteiger partial charge in [-0.15, -0.1) is 0 Å². The van der Waals surface area contributed by atoms with Gasteiger partial charge in [0.15, 0.2) is 0 Å². The van der Waals surface area contributed by atoms with E-state index in [-0.39, 0.29) is 5.57 Å². The third-order valence-corrected chi connectivity index (χ3v) is 3.73. The van der Waals surface area contributed by atoms with Gasteiger partial charge >= 0.3 is 0 Å². The molecule has 0 bridgehead atoms. The molecule has 0 aliphatic rings. The summed E-state index contributed by atoms with van der Waals surface area (Å²) in [5.41, 5.74) is 3.46. The number of aryl methyl sites for hydroxylation is 2. The lowest BCUT2D eigenvalue weighted by molar-refractivity contribution is -0.112. The average Bonchev–Trinajstić information content (AvgIpc) is 3.01. The summed E-state index contributed by atoms with van der Waals surface area (Å²) in [6.07, 6.45) is 4.74. The topological polar surface area (TPSA) is 83.6 Å². The Balaban J connectivity index is 1.89. The molecule has 0 aliphatic carbocycles. The monoisotopic (exact) mass is 343 g/mol. The van der Waals surface area contributed by atoms with E-state index in [1.165, 1.54) is 6.08 Å². The SMILES string of the molecule is Cc1ccc(-n2nc(C)cc2NC(=O)/C(C#N)=C/c2ccncc2)cc1. The first-order chi connectivity index (χ1) is 12.6. The van der Waals surface area contributed by atoms with E-state index in [4.69, 9.17) is 0 Å². The third-order valence-electron chi connectivity index (χ3n) is 3.73. The number of anilines is 1. The summed E-state index contributed by atoms with van der Waals surface area (Å²) in [4.78, 5) is 16.5. The fourth-order valence-electron chi connectivity index (χ4n) is 2.43. The first-order valence-electron chi connectivity index (χ1n) is 8.04. The molecule has 0 saturated carbocycles. The van der Waals surface area contributed by atoms with Crippen LogP contribution < -0.4 is 5.32 Å². The van der Waals surface area contributed by atoms with Crippen molar-refractivity contribution >= 4 is 17.8 Å². The van der Waals surface area contributed by atoms with Crippen LogP contribution in [0.4, 0.5) is 5.82 Å². The highest BCUT2D eigenvalue weighted by molar-refractivity contribution is 6.09. The van der Waals surface area contributed by atoms with Crippen molar-refractivity contribution in [3.63, 3.8) is 0 Å². The van der Waals surface area contributed by atoms with Gasteiger partial charge in [0.2, 0.25) is 0 Å². The quantitative estimate of drug-likeness (QED) is 0.581. The molecular weight excluding hydrogens is 326 g/mol. The van der Waals surface area contributed by atoms with Crippen LogP contribution in [0.1, 0.15) is 16.8 Å². The Bertz CT molecular complexity index is 995. The molecule has 0 fully saturated rings. The zero-order valence-electron chi connectivity index (χ0n) is 14.5. The molecule has 128 valence electrons. The fourth-order valence-corrected chi connectivity index (χ4v) is 2.43. The van der Waals surface area contributed by atoms with Crippen LogP contribution in [0.5, 0.6) is 0 Å². The van der Waals surface area contributed by atoms with Crippen molar-refractivity contribution in [1.29, 1.82) is 5.26 Å². The van der Waals surface area contributed by atoms with Crippen molar-refractivity contribution in [1.82, 2.24) is 14.8 Å². The van der Waals surface area contributed by atoms with Crippen molar-refractivity contribution in [3.8, 4) is 11.8 Å². The largest absolute Gasteiger partial charge is 0.306 e. The minimum atomic E-state index is -0.488. The first kappa shape index (κ1) is 17.1. The van der Waals surface area contributed by atoms with Crippen LogP contribution in [-0.2, 0) is 4.79 Å². The van der Waals surface area contributed by atoms with E-state index in [1.54, 1.807) is 35.3 Å². The van der Waals surface area contributed by atoms with Gasteiger partial charge < -0.3 is 5.32 Å². The number of rotatable bonds is 4. The van der Waals surface area contributed by atoms with E-state index in [0.717, 1.165) is 22.5 Å². The molecule has 0 atom stereocenters. The molecule has 1 N–H and O–H groups in total. The van der Waals surface area contributed by atoms with Crippen molar-refractivity contribution in [2.75, 3.05) is 5.32 Å². The smallest absolute Gasteiger partial charge is 0.267 e. The van der Waals surface area contributed by atoms with Crippen molar-refractivity contribution in [2.45, 2.75) is 13.8 Å². The van der Waals surface area contributed by atoms with Gasteiger partial charge in [-0.05, 0) is 49.8 Å². The molecule has 0 radical (unpaired) electrons. The number of amides is 1. The lowest BCUT2D eigenvalue weighted by Crippen LogP contribution is -2.16. The summed E-state index contributed by atoms with van der Waals surface area (Å²) in [5.74, 6) is 0.0183. The number of carbonyl (C=O) groups is 1. The summed E-state index contributed by atoms with van der Waals surface area (Å²) in [6.45, 7) is 3.85. The highest BCUT2D eigenvalue weighted by Gasteiger charge is 2.14. The van der Waals surface area contributed by atoms with Gasteiger partial charge in [0, 0.05) is 18.5 Å². The number of pyridine rings is 1. The normalized spacial score (nSPS) is 11.0. The number of nitriles is 1. The second-order valence-electron chi connectivity index (χ2n) is 5.82. The van der Waals surface area contributed by atoms with Gasteiger partial charge in [0.05, 0.1) is 11.4 Å². The molecule has 2 aromatic heterocycles. The Kier molecular flexibility index (Phi) is 4.90. The van der Waals surface area contributed by atoms with E-state index in [2.05, 4.69) is 15.4 Å².